The molecule has 9 nitrogen and oxygen atoms in total. The molecule has 2 N–H and O–H groups in total. The second-order valence-corrected chi connectivity index (χ2v) is 9.62. The predicted molar refractivity (Wildman–Crippen MR) is 148 cm³/mol. The van der Waals surface area contributed by atoms with Crippen molar-refractivity contribution in [3.05, 3.63) is 123 Å². The molecule has 0 saturated heterocycles. The van der Waals surface area contributed by atoms with Crippen molar-refractivity contribution in [3.8, 4) is 22.6 Å². The largest absolute Gasteiger partial charge is 0.480 e. The molecule has 1 amide bonds. The van der Waals surface area contributed by atoms with Gasteiger partial charge in [0.2, 0.25) is 5.75 Å². The number of carboxylic acids is 1. The summed E-state index contributed by atoms with van der Waals surface area (Å²) in [5.74, 6) is -1.16. The van der Waals surface area contributed by atoms with Gasteiger partial charge >= 0.3 is 17.7 Å². The number of hydrogen-bond acceptors (Lipinski definition) is 6. The van der Waals surface area contributed by atoms with Gasteiger partial charge in [-0.3, -0.25) is 10.1 Å². The van der Waals surface area contributed by atoms with Crippen molar-refractivity contribution in [1.82, 2.24) is 5.32 Å². The molecule has 0 saturated carbocycles. The molecule has 4 aromatic carbocycles. The van der Waals surface area contributed by atoms with Crippen LogP contribution in [0.1, 0.15) is 22.6 Å². The number of nitrogens with zero attached hydrogens (tertiary/aromatic N) is 1. The smallest absolute Gasteiger partial charge is 0.407 e. The number of fused-ring (bicyclic) bond motifs is 3. The number of hydrogen-bond donors (Lipinski definition) is 2. The number of benzene rings is 4. The van der Waals surface area contributed by atoms with Crippen LogP contribution >= 0.6 is 11.6 Å². The van der Waals surface area contributed by atoms with Crippen molar-refractivity contribution in [2.75, 3.05) is 6.61 Å². The molecule has 5 rings (SSSR count). The van der Waals surface area contributed by atoms with E-state index in [1.807, 2.05) is 48.5 Å². The molecule has 0 aromatic heterocycles. The number of rotatable bonds is 9. The predicted octanol–water partition coefficient (Wildman–Crippen LogP) is 6.57. The lowest BCUT2D eigenvalue weighted by molar-refractivity contribution is -0.385. The standard InChI is InChI=1S/C30H23ClN2O7/c31-19-10-12-20(13-11-19)40-28-14-9-18(16-27(28)33(37)38)15-26(29(34)35)32-30(36)39-17-25-23-7-3-1-5-21(23)22-6-2-4-8-24(22)25/h1-14,16,25-26H,15,17H2,(H,32,36)(H,34,35). The summed E-state index contributed by atoms with van der Waals surface area (Å²) in [5, 5.41) is 24.3. The first kappa shape index (κ1) is 26.7. The molecular weight excluding hydrogens is 536 g/mol. The maximum Gasteiger partial charge on any atom is 0.407 e. The first-order valence-corrected chi connectivity index (χ1v) is 12.7. The normalized spacial score (nSPS) is 12.6. The summed E-state index contributed by atoms with van der Waals surface area (Å²) in [6, 6.07) is 24.8. The molecular formula is C30H23ClN2O7. The minimum absolute atomic E-state index is 0.0209. The molecule has 0 heterocycles. The Hall–Kier alpha value is -4.89. The highest BCUT2D eigenvalue weighted by Gasteiger charge is 2.30. The van der Waals surface area contributed by atoms with Crippen molar-refractivity contribution in [2.24, 2.45) is 0 Å². The Morgan fingerprint density at radius 3 is 2.17 bits per heavy atom. The number of carbonyl (C=O) groups excluding carboxylic acids is 1. The Kier molecular flexibility index (Phi) is 7.65. The van der Waals surface area contributed by atoms with E-state index in [4.69, 9.17) is 21.1 Å². The lowest BCUT2D eigenvalue weighted by Gasteiger charge is -2.18. The summed E-state index contributed by atoms with van der Waals surface area (Å²) >= 11 is 5.87. The second kappa shape index (κ2) is 11.5. The van der Waals surface area contributed by atoms with Crippen LogP contribution in [-0.2, 0) is 16.0 Å². The molecule has 0 fully saturated rings. The molecule has 0 aliphatic heterocycles. The Balaban J connectivity index is 1.26. The van der Waals surface area contributed by atoms with Crippen LogP contribution in [0.25, 0.3) is 11.1 Å². The van der Waals surface area contributed by atoms with E-state index >= 15 is 0 Å². The zero-order chi connectivity index (χ0) is 28.2. The van der Waals surface area contributed by atoms with Gasteiger partial charge in [-0.15, -0.1) is 0 Å². The highest BCUT2D eigenvalue weighted by atomic mass is 35.5. The van der Waals surface area contributed by atoms with Crippen LogP contribution in [0.5, 0.6) is 11.5 Å². The molecule has 4 aromatic rings. The summed E-state index contributed by atoms with van der Waals surface area (Å²) in [7, 11) is 0. The van der Waals surface area contributed by atoms with E-state index in [1.54, 1.807) is 24.3 Å². The maximum atomic E-state index is 12.7. The molecule has 10 heteroatoms. The van der Waals surface area contributed by atoms with Crippen molar-refractivity contribution in [2.45, 2.75) is 18.4 Å². The van der Waals surface area contributed by atoms with Gasteiger partial charge in [0.25, 0.3) is 0 Å². The number of carbonyl (C=O) groups is 2. The summed E-state index contributed by atoms with van der Waals surface area (Å²) in [6.45, 7) is 0.0222. The number of ether oxygens (including phenoxy) is 2. The third-order valence-corrected chi connectivity index (χ3v) is 6.89. The van der Waals surface area contributed by atoms with Crippen molar-refractivity contribution < 1.29 is 29.1 Å². The molecule has 202 valence electrons. The van der Waals surface area contributed by atoms with Crippen molar-refractivity contribution in [3.63, 3.8) is 0 Å². The Labute approximate surface area is 234 Å². The van der Waals surface area contributed by atoms with Crippen molar-refractivity contribution >= 4 is 29.4 Å². The number of nitro benzene ring substituents is 1. The van der Waals surface area contributed by atoms with Crippen LogP contribution in [0.4, 0.5) is 10.5 Å². The van der Waals surface area contributed by atoms with Crippen LogP contribution in [-0.4, -0.2) is 34.7 Å². The van der Waals surface area contributed by atoms with Gasteiger partial charge in [0.1, 0.15) is 18.4 Å². The fourth-order valence-electron chi connectivity index (χ4n) is 4.77. The summed E-state index contributed by atoms with van der Waals surface area (Å²) < 4.78 is 11.1. The highest BCUT2D eigenvalue weighted by molar-refractivity contribution is 6.30. The third kappa shape index (κ3) is 5.74. The monoisotopic (exact) mass is 558 g/mol. The third-order valence-electron chi connectivity index (χ3n) is 6.64. The van der Waals surface area contributed by atoms with Gasteiger partial charge in [-0.1, -0.05) is 66.2 Å². The maximum absolute atomic E-state index is 12.7. The van der Waals surface area contributed by atoms with E-state index in [0.29, 0.717) is 16.3 Å². The van der Waals surface area contributed by atoms with Crippen LogP contribution in [0.15, 0.2) is 91.0 Å². The van der Waals surface area contributed by atoms with E-state index < -0.39 is 23.0 Å². The van der Waals surface area contributed by atoms with Gasteiger partial charge in [-0.25, -0.2) is 9.59 Å². The Bertz CT molecular complexity index is 1540. The van der Waals surface area contributed by atoms with E-state index in [9.17, 15) is 24.8 Å². The number of amides is 1. The average Bonchev–Trinajstić information content (AvgIpc) is 3.27. The number of halogens is 1. The second-order valence-electron chi connectivity index (χ2n) is 9.18. The first-order valence-electron chi connectivity index (χ1n) is 12.3. The number of nitrogens with one attached hydrogen (secondary N) is 1. The number of aliphatic carboxylic acids is 1. The minimum Gasteiger partial charge on any atom is -0.480 e. The molecule has 1 aliphatic rings. The number of carboxylic acid groups (broad SMARTS) is 1. The molecule has 40 heavy (non-hydrogen) atoms. The van der Waals surface area contributed by atoms with Crippen LogP contribution in [0.2, 0.25) is 5.02 Å². The van der Waals surface area contributed by atoms with Gasteiger partial charge in [0, 0.05) is 23.4 Å². The van der Waals surface area contributed by atoms with Crippen LogP contribution < -0.4 is 10.1 Å². The molecule has 1 atom stereocenters. The van der Waals surface area contributed by atoms with Gasteiger partial charge in [-0.2, -0.15) is 0 Å². The lowest BCUT2D eigenvalue weighted by Crippen LogP contribution is -2.42. The molecule has 0 bridgehead atoms. The van der Waals surface area contributed by atoms with E-state index in [1.165, 1.54) is 18.2 Å². The zero-order valence-electron chi connectivity index (χ0n) is 21.0. The van der Waals surface area contributed by atoms with Crippen LogP contribution in [0.3, 0.4) is 0 Å². The lowest BCUT2D eigenvalue weighted by atomic mass is 9.98. The Morgan fingerprint density at radius 2 is 1.57 bits per heavy atom. The first-order chi connectivity index (χ1) is 19.3. The summed E-state index contributed by atoms with van der Waals surface area (Å²) in [4.78, 5) is 35.7. The molecule has 1 aliphatic carbocycles. The summed E-state index contributed by atoms with van der Waals surface area (Å²) in [5.41, 5.74) is 4.17. The molecule has 0 spiro atoms. The quantitative estimate of drug-likeness (QED) is 0.175. The van der Waals surface area contributed by atoms with Crippen LogP contribution in [0, 0.1) is 10.1 Å². The van der Waals surface area contributed by atoms with Gasteiger partial charge in [0.15, 0.2) is 0 Å². The molecule has 1 unspecified atom stereocenters. The highest BCUT2D eigenvalue weighted by Crippen LogP contribution is 2.44. The minimum atomic E-state index is -1.38. The summed E-state index contributed by atoms with van der Waals surface area (Å²) in [6.07, 6.45) is -1.10. The fourth-order valence-corrected chi connectivity index (χ4v) is 4.89. The fraction of sp³-hybridized carbons (Fsp3) is 0.133. The molecule has 0 radical (unpaired) electrons. The average molecular weight is 559 g/mol. The van der Waals surface area contributed by atoms with E-state index in [2.05, 4.69) is 5.32 Å². The number of nitro groups is 1. The zero-order valence-corrected chi connectivity index (χ0v) is 21.7. The number of alkyl carbamates (subject to hydrolysis) is 1. The van der Waals surface area contributed by atoms with Gasteiger partial charge < -0.3 is 19.9 Å². The van der Waals surface area contributed by atoms with E-state index in [-0.39, 0.29) is 30.4 Å². The SMILES string of the molecule is O=C(NC(Cc1ccc(Oc2ccc(Cl)cc2)c([N+](=O)[O-])c1)C(=O)O)OCC1c2ccccc2-c2ccccc21. The Morgan fingerprint density at radius 1 is 0.950 bits per heavy atom. The van der Waals surface area contributed by atoms with Gasteiger partial charge in [0.05, 0.1) is 4.92 Å². The topological polar surface area (TPSA) is 128 Å². The van der Waals surface area contributed by atoms with Crippen molar-refractivity contribution in [1.29, 1.82) is 0 Å². The van der Waals surface area contributed by atoms with E-state index in [0.717, 1.165) is 22.3 Å². The van der Waals surface area contributed by atoms with Gasteiger partial charge in [-0.05, 0) is 58.1 Å².